The average molecular weight is 279 g/mol. The maximum absolute atomic E-state index is 10.6. The molecule has 3 N–H and O–H groups in total. The average Bonchev–Trinajstić information content (AvgIpc) is 2.24. The highest BCUT2D eigenvalue weighted by Gasteiger charge is 2.26. The SMILES string of the molecule is CC(C)(C)c1cc(CNC(=O)O)cc(C(C)(C)C)c1O. The van der Waals surface area contributed by atoms with E-state index in [1.54, 1.807) is 0 Å². The standard InChI is InChI=1S/C16H25NO3/c1-15(2,3)11-7-10(9-17-14(19)20)8-12(13(11)18)16(4,5)6/h7-8,17-18H,9H2,1-6H3,(H,19,20). The monoisotopic (exact) mass is 279 g/mol. The van der Waals surface area contributed by atoms with E-state index in [1.165, 1.54) is 0 Å². The van der Waals surface area contributed by atoms with E-state index in [4.69, 9.17) is 5.11 Å². The van der Waals surface area contributed by atoms with Crippen LogP contribution in [0.5, 0.6) is 5.75 Å². The van der Waals surface area contributed by atoms with Gasteiger partial charge >= 0.3 is 6.09 Å². The molecular formula is C16H25NO3. The number of hydrogen-bond donors (Lipinski definition) is 3. The molecule has 0 radical (unpaired) electrons. The van der Waals surface area contributed by atoms with Crippen molar-refractivity contribution < 1.29 is 15.0 Å². The van der Waals surface area contributed by atoms with Gasteiger partial charge in [-0.2, -0.15) is 0 Å². The fourth-order valence-electron chi connectivity index (χ4n) is 2.12. The summed E-state index contributed by atoms with van der Waals surface area (Å²) < 4.78 is 0. The molecule has 0 heterocycles. The van der Waals surface area contributed by atoms with E-state index in [1.807, 2.05) is 53.7 Å². The fraction of sp³-hybridized carbons (Fsp3) is 0.562. The Bertz CT molecular complexity index is 472. The van der Waals surface area contributed by atoms with Crippen LogP contribution in [0.25, 0.3) is 0 Å². The number of phenols is 1. The third-order valence-electron chi connectivity index (χ3n) is 3.23. The van der Waals surface area contributed by atoms with E-state index >= 15 is 0 Å². The Morgan fingerprint density at radius 1 is 1.05 bits per heavy atom. The Balaban J connectivity index is 3.38. The Morgan fingerprint density at radius 3 is 1.75 bits per heavy atom. The fourth-order valence-corrected chi connectivity index (χ4v) is 2.12. The van der Waals surface area contributed by atoms with Crippen LogP contribution in [0, 0.1) is 0 Å². The summed E-state index contributed by atoms with van der Waals surface area (Å²) in [4.78, 5) is 10.6. The first-order valence-electron chi connectivity index (χ1n) is 6.76. The molecular weight excluding hydrogens is 254 g/mol. The van der Waals surface area contributed by atoms with Crippen LogP contribution in [-0.4, -0.2) is 16.3 Å². The van der Waals surface area contributed by atoms with Gasteiger partial charge in [-0.05, 0) is 39.7 Å². The number of carbonyl (C=O) groups is 1. The normalized spacial score (nSPS) is 12.3. The second kappa shape index (κ2) is 5.35. The summed E-state index contributed by atoms with van der Waals surface area (Å²) in [7, 11) is 0. The predicted molar refractivity (Wildman–Crippen MR) is 80.4 cm³/mol. The first-order valence-corrected chi connectivity index (χ1v) is 6.76. The minimum absolute atomic E-state index is 0.205. The summed E-state index contributed by atoms with van der Waals surface area (Å²) in [5, 5.41) is 21.6. The smallest absolute Gasteiger partial charge is 0.404 e. The second-order valence-corrected chi connectivity index (χ2v) is 7.20. The van der Waals surface area contributed by atoms with E-state index in [-0.39, 0.29) is 17.4 Å². The largest absolute Gasteiger partial charge is 0.507 e. The summed E-state index contributed by atoms with van der Waals surface area (Å²) in [6, 6.07) is 3.75. The lowest BCUT2D eigenvalue weighted by atomic mass is 9.78. The number of phenolic OH excluding ortho intramolecular Hbond substituents is 1. The molecule has 0 atom stereocenters. The Labute approximate surface area is 120 Å². The number of carboxylic acid groups (broad SMARTS) is 1. The van der Waals surface area contributed by atoms with Gasteiger partial charge in [-0.1, -0.05) is 41.5 Å². The number of rotatable bonds is 2. The summed E-state index contributed by atoms with van der Waals surface area (Å²) in [5.74, 6) is 0.309. The minimum atomic E-state index is -1.05. The predicted octanol–water partition coefficient (Wildman–Crippen LogP) is 3.75. The number of hydrogen-bond acceptors (Lipinski definition) is 2. The van der Waals surface area contributed by atoms with Gasteiger partial charge in [0.25, 0.3) is 0 Å². The lowest BCUT2D eigenvalue weighted by Crippen LogP contribution is -2.22. The molecule has 0 aliphatic rings. The molecule has 0 saturated carbocycles. The molecule has 0 spiro atoms. The summed E-state index contributed by atoms with van der Waals surface area (Å²) in [5.41, 5.74) is 2.13. The van der Waals surface area contributed by atoms with Crippen molar-refractivity contribution in [2.24, 2.45) is 0 Å². The maximum atomic E-state index is 10.6. The molecule has 0 fully saturated rings. The highest BCUT2D eigenvalue weighted by atomic mass is 16.4. The Hall–Kier alpha value is -1.71. The highest BCUT2D eigenvalue weighted by Crippen LogP contribution is 2.39. The molecule has 0 aromatic heterocycles. The zero-order valence-electron chi connectivity index (χ0n) is 13.2. The maximum Gasteiger partial charge on any atom is 0.404 e. The number of nitrogens with one attached hydrogen (secondary N) is 1. The highest BCUT2D eigenvalue weighted by molar-refractivity contribution is 5.64. The van der Waals surface area contributed by atoms with E-state index in [9.17, 15) is 9.90 Å². The van der Waals surface area contributed by atoms with Crippen molar-refractivity contribution in [1.82, 2.24) is 5.32 Å². The van der Waals surface area contributed by atoms with Crippen molar-refractivity contribution in [3.05, 3.63) is 28.8 Å². The quantitative estimate of drug-likeness (QED) is 0.772. The van der Waals surface area contributed by atoms with E-state index in [2.05, 4.69) is 5.32 Å². The van der Waals surface area contributed by atoms with Crippen molar-refractivity contribution in [3.63, 3.8) is 0 Å². The van der Waals surface area contributed by atoms with Gasteiger partial charge in [0.05, 0.1) is 0 Å². The molecule has 0 bridgehead atoms. The number of benzene rings is 1. The third kappa shape index (κ3) is 3.89. The van der Waals surface area contributed by atoms with Crippen LogP contribution < -0.4 is 5.32 Å². The van der Waals surface area contributed by atoms with Gasteiger partial charge in [-0.15, -0.1) is 0 Å². The minimum Gasteiger partial charge on any atom is -0.507 e. The molecule has 1 aromatic carbocycles. The molecule has 4 nitrogen and oxygen atoms in total. The lowest BCUT2D eigenvalue weighted by molar-refractivity contribution is 0.194. The summed E-state index contributed by atoms with van der Waals surface area (Å²) >= 11 is 0. The third-order valence-corrected chi connectivity index (χ3v) is 3.23. The van der Waals surface area contributed by atoms with Gasteiger partial charge in [-0.25, -0.2) is 4.79 Å². The molecule has 1 rings (SSSR count). The number of amides is 1. The zero-order chi connectivity index (χ0) is 15.7. The van der Waals surface area contributed by atoms with Gasteiger partial charge in [0.2, 0.25) is 0 Å². The molecule has 4 heteroatoms. The molecule has 0 unspecified atom stereocenters. The zero-order valence-corrected chi connectivity index (χ0v) is 13.2. The van der Waals surface area contributed by atoms with Crippen LogP contribution in [0.1, 0.15) is 58.2 Å². The molecule has 1 amide bonds. The van der Waals surface area contributed by atoms with Crippen molar-refractivity contribution in [2.45, 2.75) is 58.9 Å². The first-order chi connectivity index (χ1) is 8.93. The van der Waals surface area contributed by atoms with Crippen LogP contribution in [0.3, 0.4) is 0 Å². The van der Waals surface area contributed by atoms with Crippen LogP contribution in [0.4, 0.5) is 4.79 Å². The van der Waals surface area contributed by atoms with Crippen LogP contribution in [0.2, 0.25) is 0 Å². The topological polar surface area (TPSA) is 69.6 Å². The lowest BCUT2D eigenvalue weighted by Gasteiger charge is -2.28. The molecule has 1 aromatic rings. The van der Waals surface area contributed by atoms with Crippen molar-refractivity contribution in [3.8, 4) is 5.75 Å². The van der Waals surface area contributed by atoms with Crippen molar-refractivity contribution in [2.75, 3.05) is 0 Å². The van der Waals surface area contributed by atoms with Crippen molar-refractivity contribution in [1.29, 1.82) is 0 Å². The second-order valence-electron chi connectivity index (χ2n) is 7.20. The van der Waals surface area contributed by atoms with Gasteiger partial charge in [0.1, 0.15) is 5.75 Å². The molecule has 0 aliphatic carbocycles. The van der Waals surface area contributed by atoms with E-state index < -0.39 is 6.09 Å². The molecule has 20 heavy (non-hydrogen) atoms. The Morgan fingerprint density at radius 2 is 1.45 bits per heavy atom. The summed E-state index contributed by atoms with van der Waals surface area (Å²) in [6.45, 7) is 12.4. The van der Waals surface area contributed by atoms with Gasteiger partial charge in [0.15, 0.2) is 0 Å². The number of aromatic hydroxyl groups is 1. The van der Waals surface area contributed by atoms with E-state index in [0.717, 1.165) is 16.7 Å². The van der Waals surface area contributed by atoms with Gasteiger partial charge < -0.3 is 15.5 Å². The van der Waals surface area contributed by atoms with Crippen LogP contribution >= 0.6 is 0 Å². The van der Waals surface area contributed by atoms with Crippen LogP contribution in [0.15, 0.2) is 12.1 Å². The Kier molecular flexibility index (Phi) is 4.37. The molecule has 112 valence electrons. The van der Waals surface area contributed by atoms with Gasteiger partial charge in [-0.3, -0.25) is 0 Å². The molecule has 0 saturated heterocycles. The summed E-state index contributed by atoms with van der Waals surface area (Å²) in [6.07, 6.45) is -1.05. The molecule has 0 aliphatic heterocycles. The first kappa shape index (κ1) is 16.3. The van der Waals surface area contributed by atoms with Gasteiger partial charge in [0, 0.05) is 6.54 Å². The van der Waals surface area contributed by atoms with E-state index in [0.29, 0.717) is 5.75 Å². The van der Waals surface area contributed by atoms with Crippen LogP contribution in [-0.2, 0) is 17.4 Å². The van der Waals surface area contributed by atoms with Crippen molar-refractivity contribution >= 4 is 6.09 Å².